The molecule has 28 heavy (non-hydrogen) atoms. The number of aromatic nitrogens is 1. The third kappa shape index (κ3) is 4.39. The van der Waals surface area contributed by atoms with Gasteiger partial charge in [-0.2, -0.15) is 0 Å². The minimum Gasteiger partial charge on any atom is -0.322 e. The average molecular weight is 374 g/mol. The van der Waals surface area contributed by atoms with E-state index in [-0.39, 0.29) is 11.1 Å². The molecule has 0 bridgehead atoms. The van der Waals surface area contributed by atoms with Crippen LogP contribution in [0.2, 0.25) is 0 Å². The lowest BCUT2D eigenvalue weighted by atomic mass is 10.0. The maximum Gasteiger partial charge on any atom is 0.263 e. The van der Waals surface area contributed by atoms with Crippen molar-refractivity contribution in [3.63, 3.8) is 0 Å². The molecule has 1 amide bonds. The van der Waals surface area contributed by atoms with Crippen LogP contribution in [0.5, 0.6) is 0 Å². The predicted molar refractivity (Wildman–Crippen MR) is 114 cm³/mol. The number of hydrogen-bond donors (Lipinski definition) is 1. The Bertz CT molecular complexity index is 1050. The molecule has 1 aromatic heterocycles. The van der Waals surface area contributed by atoms with Crippen LogP contribution in [-0.2, 0) is 6.54 Å². The number of nitrogens with one attached hydrogen (secondary N) is 1. The van der Waals surface area contributed by atoms with Crippen LogP contribution in [0.15, 0.2) is 65.6 Å². The largest absolute Gasteiger partial charge is 0.322 e. The van der Waals surface area contributed by atoms with Crippen molar-refractivity contribution in [1.29, 1.82) is 0 Å². The summed E-state index contributed by atoms with van der Waals surface area (Å²) in [7, 11) is 0. The van der Waals surface area contributed by atoms with Gasteiger partial charge in [0.15, 0.2) is 0 Å². The van der Waals surface area contributed by atoms with Crippen LogP contribution in [0.1, 0.15) is 52.4 Å². The molecule has 0 spiro atoms. The van der Waals surface area contributed by atoms with Crippen LogP contribution < -0.4 is 10.9 Å². The number of anilines is 1. The zero-order valence-corrected chi connectivity index (χ0v) is 16.8. The molecular formula is C24H26N2O2. The second-order valence-electron chi connectivity index (χ2n) is 7.52. The highest BCUT2D eigenvalue weighted by Crippen LogP contribution is 2.17. The van der Waals surface area contributed by atoms with E-state index < -0.39 is 5.91 Å². The van der Waals surface area contributed by atoms with Gasteiger partial charge >= 0.3 is 0 Å². The Hall–Kier alpha value is -3.14. The van der Waals surface area contributed by atoms with Gasteiger partial charge in [0.2, 0.25) is 0 Å². The van der Waals surface area contributed by atoms with Crippen molar-refractivity contribution >= 4 is 11.6 Å². The first-order valence-electron chi connectivity index (χ1n) is 9.52. The molecule has 144 valence electrons. The first-order valence-corrected chi connectivity index (χ1v) is 9.52. The Morgan fingerprint density at radius 2 is 1.75 bits per heavy atom. The molecule has 0 unspecified atom stereocenters. The standard InChI is InChI=1S/C24H26N2O2/c1-16(2)19-9-11-21(12-10-19)25-23(27)22-6-5-13-26(24(22)28)15-20-14-17(3)7-8-18(20)4/h5-14,16H,15H2,1-4H3,(H,25,27). The smallest absolute Gasteiger partial charge is 0.263 e. The van der Waals surface area contributed by atoms with Crippen molar-refractivity contribution in [3.05, 3.63) is 99.0 Å². The Morgan fingerprint density at radius 3 is 2.43 bits per heavy atom. The van der Waals surface area contributed by atoms with Crippen molar-refractivity contribution in [2.24, 2.45) is 0 Å². The first-order chi connectivity index (χ1) is 13.3. The summed E-state index contributed by atoms with van der Waals surface area (Å²) in [6.07, 6.45) is 1.72. The highest BCUT2D eigenvalue weighted by molar-refractivity contribution is 6.03. The number of benzene rings is 2. The molecule has 0 aliphatic heterocycles. The van der Waals surface area contributed by atoms with Crippen LogP contribution >= 0.6 is 0 Å². The fourth-order valence-electron chi connectivity index (χ4n) is 3.14. The van der Waals surface area contributed by atoms with E-state index in [9.17, 15) is 9.59 Å². The van der Waals surface area contributed by atoms with Crippen LogP contribution in [-0.4, -0.2) is 10.5 Å². The molecule has 3 aromatic rings. The number of pyridine rings is 1. The van der Waals surface area contributed by atoms with Gasteiger partial charge < -0.3 is 9.88 Å². The van der Waals surface area contributed by atoms with Crippen molar-refractivity contribution in [1.82, 2.24) is 4.57 Å². The Balaban J connectivity index is 1.83. The van der Waals surface area contributed by atoms with E-state index in [1.807, 2.05) is 44.2 Å². The summed E-state index contributed by atoms with van der Waals surface area (Å²) in [5, 5.41) is 2.82. The van der Waals surface area contributed by atoms with Gasteiger partial charge in [-0.1, -0.05) is 49.7 Å². The van der Waals surface area contributed by atoms with Crippen LogP contribution in [0, 0.1) is 13.8 Å². The van der Waals surface area contributed by atoms with Gasteiger partial charge in [0.1, 0.15) is 5.56 Å². The SMILES string of the molecule is Cc1ccc(C)c(Cn2cccc(C(=O)Nc3ccc(C(C)C)cc3)c2=O)c1. The van der Waals surface area contributed by atoms with Crippen molar-refractivity contribution in [2.45, 2.75) is 40.2 Å². The molecule has 0 atom stereocenters. The average Bonchev–Trinajstić information content (AvgIpc) is 2.66. The second kappa shape index (κ2) is 8.26. The number of carbonyl (C=O) groups is 1. The maximum atomic E-state index is 12.8. The third-order valence-electron chi connectivity index (χ3n) is 4.95. The highest BCUT2D eigenvalue weighted by atomic mass is 16.2. The van der Waals surface area contributed by atoms with Gasteiger partial charge in [-0.15, -0.1) is 0 Å². The molecule has 0 radical (unpaired) electrons. The molecule has 3 rings (SSSR count). The molecule has 0 aliphatic rings. The van der Waals surface area contributed by atoms with Crippen LogP contribution in [0.25, 0.3) is 0 Å². The monoisotopic (exact) mass is 374 g/mol. The van der Waals surface area contributed by atoms with Gasteiger partial charge in [-0.25, -0.2) is 0 Å². The van der Waals surface area contributed by atoms with Gasteiger partial charge in [0.25, 0.3) is 11.5 Å². The maximum absolute atomic E-state index is 12.8. The molecule has 0 saturated heterocycles. The minimum atomic E-state index is -0.391. The fourth-order valence-corrected chi connectivity index (χ4v) is 3.14. The van der Waals surface area contributed by atoms with E-state index >= 15 is 0 Å². The Morgan fingerprint density at radius 1 is 1.04 bits per heavy atom. The topological polar surface area (TPSA) is 51.1 Å². The molecule has 0 aliphatic carbocycles. The Labute approximate surface area is 165 Å². The van der Waals surface area contributed by atoms with E-state index in [2.05, 4.69) is 31.3 Å². The number of rotatable bonds is 5. The summed E-state index contributed by atoms with van der Waals surface area (Å²) in [5.74, 6) is 0.0359. The van der Waals surface area contributed by atoms with Crippen molar-refractivity contribution in [2.75, 3.05) is 5.32 Å². The zero-order valence-electron chi connectivity index (χ0n) is 16.8. The summed E-state index contributed by atoms with van der Waals surface area (Å²) in [5.41, 5.74) is 5.07. The van der Waals surface area contributed by atoms with Gasteiger partial charge in [-0.3, -0.25) is 9.59 Å². The van der Waals surface area contributed by atoms with Gasteiger partial charge in [-0.05, 0) is 60.7 Å². The fraction of sp³-hybridized carbons (Fsp3) is 0.250. The number of hydrogen-bond acceptors (Lipinski definition) is 2. The lowest BCUT2D eigenvalue weighted by molar-refractivity contribution is 0.102. The summed E-state index contributed by atoms with van der Waals surface area (Å²) in [6, 6.07) is 17.2. The quantitative estimate of drug-likeness (QED) is 0.691. The normalized spacial score (nSPS) is 10.9. The Kier molecular flexibility index (Phi) is 5.78. The molecule has 0 saturated carbocycles. The first kappa shape index (κ1) is 19.6. The lowest BCUT2D eigenvalue weighted by Crippen LogP contribution is -2.29. The van der Waals surface area contributed by atoms with Crippen molar-refractivity contribution < 1.29 is 4.79 Å². The second-order valence-corrected chi connectivity index (χ2v) is 7.52. The summed E-state index contributed by atoms with van der Waals surface area (Å²) in [6.45, 7) is 8.74. The summed E-state index contributed by atoms with van der Waals surface area (Å²) < 4.78 is 1.58. The number of nitrogens with zero attached hydrogens (tertiary/aromatic N) is 1. The third-order valence-corrected chi connectivity index (χ3v) is 4.95. The highest BCUT2D eigenvalue weighted by Gasteiger charge is 2.13. The van der Waals surface area contributed by atoms with Crippen LogP contribution in [0.4, 0.5) is 5.69 Å². The van der Waals surface area contributed by atoms with Crippen LogP contribution in [0.3, 0.4) is 0 Å². The summed E-state index contributed by atoms with van der Waals surface area (Å²) in [4.78, 5) is 25.5. The number of carbonyl (C=O) groups excluding carboxylic acids is 1. The van der Waals surface area contributed by atoms with E-state index in [0.29, 0.717) is 18.2 Å². The molecular weight excluding hydrogens is 348 g/mol. The van der Waals surface area contributed by atoms with Crippen molar-refractivity contribution in [3.8, 4) is 0 Å². The van der Waals surface area contributed by atoms with Gasteiger partial charge in [0.05, 0.1) is 6.54 Å². The summed E-state index contributed by atoms with van der Waals surface area (Å²) >= 11 is 0. The molecule has 0 fully saturated rings. The predicted octanol–water partition coefficient (Wildman–Crippen LogP) is 4.89. The lowest BCUT2D eigenvalue weighted by Gasteiger charge is -2.12. The molecule has 4 heteroatoms. The number of amides is 1. The van der Waals surface area contributed by atoms with Gasteiger partial charge in [0, 0.05) is 11.9 Å². The molecule has 1 heterocycles. The van der Waals surface area contributed by atoms with E-state index in [4.69, 9.17) is 0 Å². The van der Waals surface area contributed by atoms with E-state index in [1.54, 1.807) is 22.9 Å². The molecule has 2 aromatic carbocycles. The molecule has 1 N–H and O–H groups in total. The van der Waals surface area contributed by atoms with E-state index in [1.165, 1.54) is 5.56 Å². The zero-order chi connectivity index (χ0) is 20.3. The molecule has 4 nitrogen and oxygen atoms in total. The minimum absolute atomic E-state index is 0.140. The van der Waals surface area contributed by atoms with E-state index in [0.717, 1.165) is 16.7 Å². The number of aryl methyl sites for hydroxylation is 2.